The molecule has 2 N–H and O–H groups in total. The van der Waals surface area contributed by atoms with Gasteiger partial charge in [-0.3, -0.25) is 19.7 Å². The number of amides is 2. The highest BCUT2D eigenvalue weighted by molar-refractivity contribution is 6.03. The summed E-state index contributed by atoms with van der Waals surface area (Å²) in [6.07, 6.45) is 1.18. The standard InChI is InChI=1S/C14H14N2O4/c17-11-7-16(8-12(18)15-11)10-4-2-1-3-9(10)14(5-6-14)13(19)20/h1-4H,5-8H2,(H,19,20)(H,15,17,18). The Morgan fingerprint density at radius 3 is 2.30 bits per heavy atom. The number of carbonyl (C=O) groups excluding carboxylic acids is 2. The number of rotatable bonds is 3. The molecule has 20 heavy (non-hydrogen) atoms. The quantitative estimate of drug-likeness (QED) is 0.772. The van der Waals surface area contributed by atoms with Gasteiger partial charge in [0.1, 0.15) is 0 Å². The van der Waals surface area contributed by atoms with E-state index in [-0.39, 0.29) is 24.9 Å². The van der Waals surface area contributed by atoms with Crippen LogP contribution in [-0.4, -0.2) is 36.0 Å². The van der Waals surface area contributed by atoms with Gasteiger partial charge >= 0.3 is 5.97 Å². The van der Waals surface area contributed by atoms with Gasteiger partial charge in [-0.25, -0.2) is 0 Å². The minimum absolute atomic E-state index is 0.0679. The fraction of sp³-hybridized carbons (Fsp3) is 0.357. The molecule has 2 amide bonds. The lowest BCUT2D eigenvalue weighted by molar-refractivity contribution is -0.140. The summed E-state index contributed by atoms with van der Waals surface area (Å²) in [5, 5.41) is 11.7. The highest BCUT2D eigenvalue weighted by Crippen LogP contribution is 2.51. The van der Waals surface area contributed by atoms with Crippen LogP contribution in [0.1, 0.15) is 18.4 Å². The molecule has 1 saturated carbocycles. The molecule has 1 aliphatic heterocycles. The molecule has 0 aromatic heterocycles. The third kappa shape index (κ3) is 1.93. The van der Waals surface area contributed by atoms with Gasteiger partial charge in [-0.05, 0) is 24.5 Å². The molecule has 1 aliphatic carbocycles. The Hall–Kier alpha value is -2.37. The minimum atomic E-state index is -0.854. The molecule has 0 atom stereocenters. The Balaban J connectivity index is 2.00. The number of para-hydroxylation sites is 1. The number of carboxylic acid groups (broad SMARTS) is 1. The summed E-state index contributed by atoms with van der Waals surface area (Å²) in [5.74, 6) is -1.58. The topological polar surface area (TPSA) is 86.7 Å². The first-order valence-corrected chi connectivity index (χ1v) is 6.43. The molecule has 1 aromatic rings. The van der Waals surface area contributed by atoms with Gasteiger partial charge in [-0.1, -0.05) is 18.2 Å². The van der Waals surface area contributed by atoms with E-state index in [9.17, 15) is 19.5 Å². The molecule has 6 heteroatoms. The van der Waals surface area contributed by atoms with E-state index in [0.717, 1.165) is 0 Å². The first-order valence-electron chi connectivity index (χ1n) is 6.43. The second kappa shape index (κ2) is 4.33. The Morgan fingerprint density at radius 2 is 1.75 bits per heavy atom. The number of aliphatic carboxylic acids is 1. The molecule has 3 rings (SSSR count). The predicted molar refractivity (Wildman–Crippen MR) is 70.4 cm³/mol. The van der Waals surface area contributed by atoms with Gasteiger partial charge in [0.25, 0.3) is 0 Å². The van der Waals surface area contributed by atoms with Crippen molar-refractivity contribution in [3.63, 3.8) is 0 Å². The molecular weight excluding hydrogens is 260 g/mol. The van der Waals surface area contributed by atoms with Crippen LogP contribution in [0.2, 0.25) is 0 Å². The van der Waals surface area contributed by atoms with Crippen LogP contribution < -0.4 is 10.2 Å². The smallest absolute Gasteiger partial charge is 0.314 e. The van der Waals surface area contributed by atoms with Gasteiger partial charge in [0.05, 0.1) is 18.5 Å². The molecule has 1 heterocycles. The van der Waals surface area contributed by atoms with Crippen LogP contribution in [0.5, 0.6) is 0 Å². The van der Waals surface area contributed by atoms with Crippen LogP contribution in [0.4, 0.5) is 5.69 Å². The van der Waals surface area contributed by atoms with Crippen molar-refractivity contribution in [2.45, 2.75) is 18.3 Å². The number of imide groups is 1. The van der Waals surface area contributed by atoms with Gasteiger partial charge in [0, 0.05) is 5.69 Å². The van der Waals surface area contributed by atoms with Crippen molar-refractivity contribution in [3.05, 3.63) is 29.8 Å². The van der Waals surface area contributed by atoms with Crippen molar-refractivity contribution in [3.8, 4) is 0 Å². The lowest BCUT2D eigenvalue weighted by atomic mass is 9.93. The maximum absolute atomic E-state index is 11.5. The van der Waals surface area contributed by atoms with E-state index in [4.69, 9.17) is 0 Å². The third-order valence-corrected chi connectivity index (χ3v) is 3.87. The lowest BCUT2D eigenvalue weighted by Crippen LogP contribution is -2.52. The predicted octanol–water partition coefficient (Wildman–Crippen LogP) is 0.266. The van der Waals surface area contributed by atoms with E-state index in [1.54, 1.807) is 29.2 Å². The maximum Gasteiger partial charge on any atom is 0.314 e. The van der Waals surface area contributed by atoms with Crippen LogP contribution >= 0.6 is 0 Å². The molecule has 0 bridgehead atoms. The summed E-state index contributed by atoms with van der Waals surface area (Å²) in [7, 11) is 0. The zero-order valence-corrected chi connectivity index (χ0v) is 10.8. The van der Waals surface area contributed by atoms with Gasteiger partial charge in [0.15, 0.2) is 0 Å². The summed E-state index contributed by atoms with van der Waals surface area (Å²) >= 11 is 0. The second-order valence-corrected chi connectivity index (χ2v) is 5.23. The minimum Gasteiger partial charge on any atom is -0.481 e. The number of hydrogen-bond donors (Lipinski definition) is 2. The van der Waals surface area contributed by atoms with Crippen molar-refractivity contribution in [2.75, 3.05) is 18.0 Å². The van der Waals surface area contributed by atoms with Crippen LogP contribution in [0, 0.1) is 0 Å². The molecule has 0 unspecified atom stereocenters. The highest BCUT2D eigenvalue weighted by atomic mass is 16.4. The Bertz CT molecular complexity index is 591. The fourth-order valence-corrected chi connectivity index (χ4v) is 2.68. The van der Waals surface area contributed by atoms with Gasteiger partial charge in [-0.2, -0.15) is 0 Å². The zero-order valence-electron chi connectivity index (χ0n) is 10.8. The number of nitrogens with one attached hydrogen (secondary N) is 1. The summed E-state index contributed by atoms with van der Waals surface area (Å²) in [6, 6.07) is 7.11. The molecule has 0 spiro atoms. The summed E-state index contributed by atoms with van der Waals surface area (Å²) < 4.78 is 0. The van der Waals surface area contributed by atoms with Crippen molar-refractivity contribution in [2.24, 2.45) is 0 Å². The summed E-state index contributed by atoms with van der Waals surface area (Å²) in [4.78, 5) is 36.1. The van der Waals surface area contributed by atoms with Gasteiger partial charge in [-0.15, -0.1) is 0 Å². The molecule has 1 aromatic carbocycles. The molecule has 2 fully saturated rings. The number of carboxylic acids is 1. The average molecular weight is 274 g/mol. The van der Waals surface area contributed by atoms with E-state index in [0.29, 0.717) is 24.1 Å². The van der Waals surface area contributed by atoms with Crippen LogP contribution in [0.15, 0.2) is 24.3 Å². The van der Waals surface area contributed by atoms with Crippen molar-refractivity contribution in [1.29, 1.82) is 0 Å². The maximum atomic E-state index is 11.5. The molecule has 0 radical (unpaired) electrons. The first kappa shape index (κ1) is 12.7. The van der Waals surface area contributed by atoms with Gasteiger partial charge < -0.3 is 10.0 Å². The number of nitrogens with zero attached hydrogens (tertiary/aromatic N) is 1. The summed E-state index contributed by atoms with van der Waals surface area (Å²) in [5.41, 5.74) is 0.499. The Kier molecular flexibility index (Phi) is 2.74. The number of anilines is 1. The van der Waals surface area contributed by atoms with E-state index in [2.05, 4.69) is 5.32 Å². The van der Waals surface area contributed by atoms with E-state index >= 15 is 0 Å². The average Bonchev–Trinajstić information content (AvgIpc) is 3.19. The van der Waals surface area contributed by atoms with Crippen molar-refractivity contribution >= 4 is 23.5 Å². The summed E-state index contributed by atoms with van der Waals surface area (Å²) in [6.45, 7) is 0.136. The second-order valence-electron chi connectivity index (χ2n) is 5.23. The lowest BCUT2D eigenvalue weighted by Gasteiger charge is -2.30. The number of hydrogen-bond acceptors (Lipinski definition) is 4. The molecule has 2 aliphatic rings. The van der Waals surface area contributed by atoms with Crippen molar-refractivity contribution in [1.82, 2.24) is 5.32 Å². The SMILES string of the molecule is O=C1CN(c2ccccc2C2(C(=O)O)CC2)CC(=O)N1. The molecule has 104 valence electrons. The normalized spacial score (nSPS) is 20.5. The largest absolute Gasteiger partial charge is 0.481 e. The van der Waals surface area contributed by atoms with Crippen LogP contribution in [0.3, 0.4) is 0 Å². The molecule has 6 nitrogen and oxygen atoms in total. The number of piperazine rings is 1. The third-order valence-electron chi connectivity index (χ3n) is 3.87. The molecular formula is C14H14N2O4. The Labute approximate surface area is 115 Å². The van der Waals surface area contributed by atoms with E-state index < -0.39 is 11.4 Å². The monoisotopic (exact) mass is 274 g/mol. The fourth-order valence-electron chi connectivity index (χ4n) is 2.68. The van der Waals surface area contributed by atoms with E-state index in [1.165, 1.54) is 0 Å². The first-order chi connectivity index (χ1) is 9.53. The Morgan fingerprint density at radius 1 is 1.15 bits per heavy atom. The van der Waals surface area contributed by atoms with Crippen LogP contribution in [-0.2, 0) is 19.8 Å². The zero-order chi connectivity index (χ0) is 14.3. The molecule has 1 saturated heterocycles. The van der Waals surface area contributed by atoms with Crippen LogP contribution in [0.25, 0.3) is 0 Å². The van der Waals surface area contributed by atoms with E-state index in [1.807, 2.05) is 0 Å². The van der Waals surface area contributed by atoms with Gasteiger partial charge in [0.2, 0.25) is 11.8 Å². The highest BCUT2D eigenvalue weighted by Gasteiger charge is 2.53. The number of benzene rings is 1. The number of carbonyl (C=O) groups is 3. The van der Waals surface area contributed by atoms with Crippen molar-refractivity contribution < 1.29 is 19.5 Å².